The summed E-state index contributed by atoms with van der Waals surface area (Å²) in [5.74, 6) is -1.10. The maximum Gasteiger partial charge on any atom is 0.354 e. The van der Waals surface area contributed by atoms with Crippen molar-refractivity contribution in [3.05, 3.63) is 22.4 Å². The molecule has 66 valence electrons. The molecule has 1 rings (SSSR count). The van der Waals surface area contributed by atoms with Gasteiger partial charge in [-0.25, -0.2) is 9.59 Å². The summed E-state index contributed by atoms with van der Waals surface area (Å²) in [5.41, 5.74) is -0.391. The second-order valence-corrected chi connectivity index (χ2v) is 2.75. The third-order valence-corrected chi connectivity index (χ3v) is 1.55. The Balaban J connectivity index is 3.31. The van der Waals surface area contributed by atoms with E-state index in [9.17, 15) is 9.59 Å². The number of H-pyrrole nitrogens is 1. The van der Waals surface area contributed by atoms with Gasteiger partial charge >= 0.3 is 11.7 Å². The average molecular weight is 170 g/mol. The van der Waals surface area contributed by atoms with Crippen LogP contribution in [0.15, 0.2) is 11.0 Å². The van der Waals surface area contributed by atoms with Gasteiger partial charge in [-0.15, -0.1) is 0 Å². The van der Waals surface area contributed by atoms with E-state index in [1.165, 1.54) is 10.8 Å². The number of nitrogens with zero attached hydrogens (tertiary/aromatic N) is 1. The summed E-state index contributed by atoms with van der Waals surface area (Å²) in [6, 6.07) is -0.144. The van der Waals surface area contributed by atoms with Crippen LogP contribution in [0.25, 0.3) is 0 Å². The highest BCUT2D eigenvalue weighted by Crippen LogP contribution is 2.04. The zero-order valence-electron chi connectivity index (χ0n) is 6.87. The number of rotatable bonds is 2. The van der Waals surface area contributed by atoms with Crippen LogP contribution in [0, 0.1) is 0 Å². The zero-order chi connectivity index (χ0) is 9.30. The number of aromatic carboxylic acids is 1. The van der Waals surface area contributed by atoms with Crippen LogP contribution in [0.4, 0.5) is 0 Å². The fraction of sp³-hybridized carbons (Fsp3) is 0.429. The van der Waals surface area contributed by atoms with E-state index in [1.807, 2.05) is 0 Å². The van der Waals surface area contributed by atoms with Crippen molar-refractivity contribution in [2.75, 3.05) is 0 Å². The molecule has 5 heteroatoms. The Bertz CT molecular complexity index is 348. The number of nitrogens with one attached hydrogen (secondary N) is 1. The minimum Gasteiger partial charge on any atom is -0.477 e. The maximum atomic E-state index is 11.0. The first-order valence-electron chi connectivity index (χ1n) is 3.57. The van der Waals surface area contributed by atoms with Crippen LogP contribution in [0.5, 0.6) is 0 Å². The van der Waals surface area contributed by atoms with Crippen LogP contribution in [0.3, 0.4) is 0 Å². The standard InChI is InChI=1S/C7H10N2O3/c1-4(2)9-5(6(10)11)3-8-7(9)12/h3-4H,1-2H3,(H,8,12)(H,10,11). The van der Waals surface area contributed by atoms with Gasteiger partial charge in [-0.3, -0.25) is 4.57 Å². The first kappa shape index (κ1) is 8.58. The highest BCUT2D eigenvalue weighted by molar-refractivity contribution is 5.85. The van der Waals surface area contributed by atoms with Gasteiger partial charge in [-0.1, -0.05) is 0 Å². The van der Waals surface area contributed by atoms with Gasteiger partial charge in [0.1, 0.15) is 5.69 Å². The van der Waals surface area contributed by atoms with Crippen molar-refractivity contribution in [3.8, 4) is 0 Å². The Kier molecular flexibility index (Phi) is 2.03. The van der Waals surface area contributed by atoms with E-state index in [-0.39, 0.29) is 17.4 Å². The number of carboxylic acid groups (broad SMARTS) is 1. The van der Waals surface area contributed by atoms with E-state index in [0.29, 0.717) is 0 Å². The number of imidazole rings is 1. The van der Waals surface area contributed by atoms with Gasteiger partial charge in [0, 0.05) is 12.2 Å². The molecule has 0 spiro atoms. The van der Waals surface area contributed by atoms with Crippen LogP contribution in [0.1, 0.15) is 30.4 Å². The first-order chi connectivity index (χ1) is 5.54. The molecule has 0 aliphatic carbocycles. The van der Waals surface area contributed by atoms with Gasteiger partial charge < -0.3 is 10.1 Å². The van der Waals surface area contributed by atoms with Crippen molar-refractivity contribution in [2.45, 2.75) is 19.9 Å². The van der Waals surface area contributed by atoms with Gasteiger partial charge in [0.15, 0.2) is 0 Å². The molecular weight excluding hydrogens is 160 g/mol. The quantitative estimate of drug-likeness (QED) is 0.676. The highest BCUT2D eigenvalue weighted by atomic mass is 16.4. The molecule has 0 radical (unpaired) electrons. The lowest BCUT2D eigenvalue weighted by Gasteiger charge is -2.06. The molecule has 0 aromatic carbocycles. The predicted octanol–water partition coefficient (Wildman–Crippen LogP) is 0.456. The molecule has 0 bridgehead atoms. The third-order valence-electron chi connectivity index (χ3n) is 1.55. The molecule has 0 saturated carbocycles. The van der Waals surface area contributed by atoms with Crippen molar-refractivity contribution in [1.29, 1.82) is 0 Å². The molecule has 5 nitrogen and oxygen atoms in total. The molecule has 1 aromatic heterocycles. The lowest BCUT2D eigenvalue weighted by Crippen LogP contribution is -2.22. The minimum atomic E-state index is -1.10. The summed E-state index contributed by atoms with van der Waals surface area (Å²) >= 11 is 0. The van der Waals surface area contributed by atoms with E-state index in [0.717, 1.165) is 0 Å². The Morgan fingerprint density at radius 3 is 2.58 bits per heavy atom. The normalized spacial score (nSPS) is 10.6. The Labute approximate surface area is 68.6 Å². The van der Waals surface area contributed by atoms with E-state index in [4.69, 9.17) is 5.11 Å². The Hall–Kier alpha value is -1.52. The van der Waals surface area contributed by atoms with Gasteiger partial charge in [-0.2, -0.15) is 0 Å². The fourth-order valence-electron chi connectivity index (χ4n) is 1.06. The molecule has 12 heavy (non-hydrogen) atoms. The fourth-order valence-corrected chi connectivity index (χ4v) is 1.06. The summed E-state index contributed by atoms with van der Waals surface area (Å²) in [5, 5.41) is 8.65. The van der Waals surface area contributed by atoms with Gasteiger partial charge in [0.05, 0.1) is 0 Å². The molecular formula is C7H10N2O3. The Morgan fingerprint density at radius 2 is 2.25 bits per heavy atom. The van der Waals surface area contributed by atoms with Crippen molar-refractivity contribution < 1.29 is 9.90 Å². The summed E-state index contributed by atoms with van der Waals surface area (Å²) < 4.78 is 1.20. The van der Waals surface area contributed by atoms with Crippen molar-refractivity contribution in [2.24, 2.45) is 0 Å². The topological polar surface area (TPSA) is 75.1 Å². The number of aromatic amines is 1. The summed E-state index contributed by atoms with van der Waals surface area (Å²) in [6.45, 7) is 3.50. The molecule has 0 amide bonds. The third kappa shape index (κ3) is 1.25. The SMILES string of the molecule is CC(C)n1c(C(=O)O)c[nH]c1=O. The molecule has 0 unspecified atom stereocenters. The van der Waals surface area contributed by atoms with E-state index in [2.05, 4.69) is 4.98 Å². The van der Waals surface area contributed by atoms with Crippen molar-refractivity contribution >= 4 is 5.97 Å². The molecule has 0 aliphatic heterocycles. The van der Waals surface area contributed by atoms with Crippen LogP contribution in [0.2, 0.25) is 0 Å². The van der Waals surface area contributed by atoms with Crippen LogP contribution >= 0.6 is 0 Å². The predicted molar refractivity (Wildman–Crippen MR) is 42.4 cm³/mol. The van der Waals surface area contributed by atoms with Crippen LogP contribution in [-0.4, -0.2) is 20.6 Å². The number of carboxylic acids is 1. The van der Waals surface area contributed by atoms with E-state index in [1.54, 1.807) is 13.8 Å². The smallest absolute Gasteiger partial charge is 0.354 e. The largest absolute Gasteiger partial charge is 0.477 e. The summed E-state index contributed by atoms with van der Waals surface area (Å²) in [6.07, 6.45) is 1.20. The minimum absolute atomic E-state index is 0.00463. The monoisotopic (exact) mass is 170 g/mol. The lowest BCUT2D eigenvalue weighted by molar-refractivity contribution is 0.0683. The van der Waals surface area contributed by atoms with Crippen molar-refractivity contribution in [1.82, 2.24) is 9.55 Å². The summed E-state index contributed by atoms with van der Waals surface area (Å²) in [4.78, 5) is 23.9. The van der Waals surface area contributed by atoms with Gasteiger partial charge in [-0.05, 0) is 13.8 Å². The van der Waals surface area contributed by atoms with E-state index < -0.39 is 5.97 Å². The molecule has 0 saturated heterocycles. The number of aromatic nitrogens is 2. The Morgan fingerprint density at radius 1 is 1.67 bits per heavy atom. The molecule has 1 heterocycles. The molecule has 1 aromatic rings. The van der Waals surface area contributed by atoms with Crippen molar-refractivity contribution in [3.63, 3.8) is 0 Å². The second kappa shape index (κ2) is 2.84. The highest BCUT2D eigenvalue weighted by Gasteiger charge is 2.14. The lowest BCUT2D eigenvalue weighted by atomic mass is 10.3. The number of hydrogen-bond acceptors (Lipinski definition) is 2. The van der Waals surface area contributed by atoms with Gasteiger partial charge in [0.2, 0.25) is 0 Å². The molecule has 2 N–H and O–H groups in total. The summed E-state index contributed by atoms with van der Waals surface area (Å²) in [7, 11) is 0. The number of hydrogen-bond donors (Lipinski definition) is 2. The number of carbonyl (C=O) groups is 1. The van der Waals surface area contributed by atoms with E-state index >= 15 is 0 Å². The van der Waals surface area contributed by atoms with Crippen LogP contribution < -0.4 is 5.69 Å². The second-order valence-electron chi connectivity index (χ2n) is 2.75. The zero-order valence-corrected chi connectivity index (χ0v) is 6.87. The molecule has 0 fully saturated rings. The first-order valence-corrected chi connectivity index (χ1v) is 3.57. The molecule has 0 atom stereocenters. The maximum absolute atomic E-state index is 11.0. The van der Waals surface area contributed by atoms with Crippen LogP contribution in [-0.2, 0) is 0 Å². The average Bonchev–Trinajstić information content (AvgIpc) is 2.30. The van der Waals surface area contributed by atoms with Gasteiger partial charge in [0.25, 0.3) is 0 Å². The molecule has 0 aliphatic rings.